The highest BCUT2D eigenvalue weighted by atomic mass is 16.5. The molecule has 1 unspecified atom stereocenters. The van der Waals surface area contributed by atoms with Crippen molar-refractivity contribution in [2.75, 3.05) is 26.8 Å². The van der Waals surface area contributed by atoms with Crippen LogP contribution in [0.3, 0.4) is 0 Å². The molecule has 0 aliphatic heterocycles. The number of furan rings is 1. The SMILES string of the molecule is CCNCc1ccoc1CN(CCOC)C(C)C1CC1. The first-order valence-corrected chi connectivity index (χ1v) is 7.75. The van der Waals surface area contributed by atoms with Gasteiger partial charge in [-0.3, -0.25) is 4.90 Å². The van der Waals surface area contributed by atoms with E-state index in [0.717, 1.165) is 44.5 Å². The van der Waals surface area contributed by atoms with Gasteiger partial charge in [-0.15, -0.1) is 0 Å². The number of nitrogens with one attached hydrogen (secondary N) is 1. The number of nitrogens with zero attached hydrogens (tertiary/aromatic N) is 1. The average molecular weight is 280 g/mol. The minimum Gasteiger partial charge on any atom is -0.468 e. The zero-order valence-corrected chi connectivity index (χ0v) is 13.0. The molecule has 0 saturated heterocycles. The van der Waals surface area contributed by atoms with Crippen LogP contribution in [0.2, 0.25) is 0 Å². The van der Waals surface area contributed by atoms with Crippen LogP contribution >= 0.6 is 0 Å². The van der Waals surface area contributed by atoms with Gasteiger partial charge in [-0.1, -0.05) is 6.92 Å². The summed E-state index contributed by atoms with van der Waals surface area (Å²) in [6, 6.07) is 2.69. The third-order valence-corrected chi connectivity index (χ3v) is 4.21. The summed E-state index contributed by atoms with van der Waals surface area (Å²) in [5, 5.41) is 3.37. The van der Waals surface area contributed by atoms with Gasteiger partial charge in [-0.2, -0.15) is 0 Å². The van der Waals surface area contributed by atoms with Crippen LogP contribution in [0, 0.1) is 5.92 Å². The molecule has 0 bridgehead atoms. The van der Waals surface area contributed by atoms with E-state index in [4.69, 9.17) is 9.15 Å². The Balaban J connectivity index is 1.96. The Kier molecular flexibility index (Phi) is 6.07. The van der Waals surface area contributed by atoms with Crippen molar-refractivity contribution in [3.05, 3.63) is 23.7 Å². The van der Waals surface area contributed by atoms with Crippen LogP contribution in [0.1, 0.15) is 38.0 Å². The van der Waals surface area contributed by atoms with Gasteiger partial charge in [0.15, 0.2) is 0 Å². The smallest absolute Gasteiger partial charge is 0.122 e. The summed E-state index contributed by atoms with van der Waals surface area (Å²) in [5.41, 5.74) is 1.28. The molecule has 0 spiro atoms. The molecule has 1 fully saturated rings. The molecule has 1 aliphatic rings. The van der Waals surface area contributed by atoms with Gasteiger partial charge in [-0.05, 0) is 38.3 Å². The van der Waals surface area contributed by atoms with Crippen molar-refractivity contribution in [3.8, 4) is 0 Å². The van der Waals surface area contributed by atoms with Gasteiger partial charge >= 0.3 is 0 Å². The van der Waals surface area contributed by atoms with E-state index in [-0.39, 0.29) is 0 Å². The first kappa shape index (κ1) is 15.5. The molecule has 4 heteroatoms. The maximum absolute atomic E-state index is 5.70. The second-order valence-electron chi connectivity index (χ2n) is 5.69. The summed E-state index contributed by atoms with van der Waals surface area (Å²) in [4.78, 5) is 2.50. The maximum atomic E-state index is 5.70. The number of methoxy groups -OCH3 is 1. The summed E-state index contributed by atoms with van der Waals surface area (Å²) in [7, 11) is 1.77. The lowest BCUT2D eigenvalue weighted by Gasteiger charge is -2.28. The lowest BCUT2D eigenvalue weighted by Crippen LogP contribution is -2.36. The number of hydrogen-bond acceptors (Lipinski definition) is 4. The van der Waals surface area contributed by atoms with Crippen LogP contribution in [0.5, 0.6) is 0 Å². The van der Waals surface area contributed by atoms with Gasteiger partial charge in [0.2, 0.25) is 0 Å². The Morgan fingerprint density at radius 2 is 2.30 bits per heavy atom. The van der Waals surface area contributed by atoms with E-state index in [2.05, 4.69) is 30.1 Å². The minimum absolute atomic E-state index is 0.613. The molecule has 114 valence electrons. The molecule has 0 amide bonds. The zero-order chi connectivity index (χ0) is 14.4. The molecule has 0 radical (unpaired) electrons. The Hall–Kier alpha value is -0.840. The summed E-state index contributed by atoms with van der Waals surface area (Å²) in [5.74, 6) is 1.95. The minimum atomic E-state index is 0.613. The van der Waals surface area contributed by atoms with Crippen LogP contribution < -0.4 is 5.32 Å². The molecule has 2 rings (SSSR count). The first-order valence-electron chi connectivity index (χ1n) is 7.75. The molecule has 1 aliphatic carbocycles. The third kappa shape index (κ3) is 4.33. The number of rotatable bonds is 10. The standard InChI is InChI=1S/C16H28N2O2/c1-4-17-11-15-7-9-20-16(15)12-18(8-10-19-3)13(2)14-5-6-14/h7,9,13-14,17H,4-6,8,10-12H2,1-3H3. The Labute approximate surface area is 122 Å². The molecule has 1 aromatic rings. The van der Waals surface area contributed by atoms with E-state index in [1.165, 1.54) is 18.4 Å². The van der Waals surface area contributed by atoms with Crippen molar-refractivity contribution in [3.63, 3.8) is 0 Å². The highest BCUT2D eigenvalue weighted by Crippen LogP contribution is 2.35. The Bertz CT molecular complexity index is 388. The average Bonchev–Trinajstić information content (AvgIpc) is 3.21. The molecule has 4 nitrogen and oxygen atoms in total. The van der Waals surface area contributed by atoms with Gasteiger partial charge in [0.25, 0.3) is 0 Å². The normalized spacial score (nSPS) is 16.8. The van der Waals surface area contributed by atoms with Crippen molar-refractivity contribution < 1.29 is 9.15 Å². The summed E-state index contributed by atoms with van der Waals surface area (Å²) in [6.45, 7) is 8.96. The quantitative estimate of drug-likeness (QED) is 0.715. The van der Waals surface area contributed by atoms with Crippen LogP contribution in [-0.2, 0) is 17.8 Å². The summed E-state index contributed by atoms with van der Waals surface area (Å²) in [6.07, 6.45) is 4.54. The molecule has 1 aromatic heterocycles. The van der Waals surface area contributed by atoms with Crippen LogP contribution in [0.25, 0.3) is 0 Å². The molecular weight excluding hydrogens is 252 g/mol. The van der Waals surface area contributed by atoms with Crippen molar-refractivity contribution in [2.24, 2.45) is 5.92 Å². The topological polar surface area (TPSA) is 37.6 Å². The number of hydrogen-bond donors (Lipinski definition) is 1. The van der Waals surface area contributed by atoms with Gasteiger partial charge in [0, 0.05) is 31.8 Å². The molecule has 0 aromatic carbocycles. The number of ether oxygens (including phenoxy) is 1. The van der Waals surface area contributed by atoms with Crippen molar-refractivity contribution >= 4 is 0 Å². The Morgan fingerprint density at radius 1 is 1.50 bits per heavy atom. The predicted octanol–water partition coefficient (Wildman–Crippen LogP) is 2.64. The van der Waals surface area contributed by atoms with Gasteiger partial charge < -0.3 is 14.5 Å². The molecule has 20 heavy (non-hydrogen) atoms. The van der Waals surface area contributed by atoms with Crippen LogP contribution in [-0.4, -0.2) is 37.7 Å². The highest BCUT2D eigenvalue weighted by molar-refractivity contribution is 5.17. The van der Waals surface area contributed by atoms with E-state index < -0.39 is 0 Å². The maximum Gasteiger partial charge on any atom is 0.122 e. The van der Waals surface area contributed by atoms with Crippen molar-refractivity contribution in [2.45, 2.75) is 45.8 Å². The van der Waals surface area contributed by atoms with E-state index in [0.29, 0.717) is 6.04 Å². The third-order valence-electron chi connectivity index (χ3n) is 4.21. The molecule has 1 heterocycles. The fourth-order valence-corrected chi connectivity index (χ4v) is 2.62. The second kappa shape index (κ2) is 7.81. The molecule has 1 saturated carbocycles. The predicted molar refractivity (Wildman–Crippen MR) is 80.6 cm³/mol. The second-order valence-corrected chi connectivity index (χ2v) is 5.69. The molecular formula is C16H28N2O2. The first-order chi connectivity index (χ1) is 9.76. The Morgan fingerprint density at radius 3 is 2.95 bits per heavy atom. The fraction of sp³-hybridized carbons (Fsp3) is 0.750. The van der Waals surface area contributed by atoms with E-state index in [1.807, 2.05) is 0 Å². The lowest BCUT2D eigenvalue weighted by atomic mass is 10.1. The van der Waals surface area contributed by atoms with E-state index in [9.17, 15) is 0 Å². The van der Waals surface area contributed by atoms with Gasteiger partial charge in [-0.25, -0.2) is 0 Å². The van der Waals surface area contributed by atoms with Gasteiger partial charge in [0.1, 0.15) is 5.76 Å². The van der Waals surface area contributed by atoms with Crippen molar-refractivity contribution in [1.82, 2.24) is 10.2 Å². The van der Waals surface area contributed by atoms with Crippen LogP contribution in [0.4, 0.5) is 0 Å². The summed E-state index contributed by atoms with van der Waals surface area (Å²) >= 11 is 0. The van der Waals surface area contributed by atoms with E-state index >= 15 is 0 Å². The fourth-order valence-electron chi connectivity index (χ4n) is 2.62. The highest BCUT2D eigenvalue weighted by Gasteiger charge is 2.32. The molecule has 1 N–H and O–H groups in total. The van der Waals surface area contributed by atoms with Crippen LogP contribution in [0.15, 0.2) is 16.7 Å². The zero-order valence-electron chi connectivity index (χ0n) is 13.0. The van der Waals surface area contributed by atoms with Gasteiger partial charge in [0.05, 0.1) is 19.4 Å². The van der Waals surface area contributed by atoms with Crippen molar-refractivity contribution in [1.29, 1.82) is 0 Å². The summed E-state index contributed by atoms with van der Waals surface area (Å²) < 4.78 is 11.0. The largest absolute Gasteiger partial charge is 0.468 e. The monoisotopic (exact) mass is 280 g/mol. The molecule has 1 atom stereocenters. The van der Waals surface area contributed by atoms with E-state index in [1.54, 1.807) is 13.4 Å². The lowest BCUT2D eigenvalue weighted by molar-refractivity contribution is 0.105.